The largest absolute Gasteiger partial charge is 0.161 e. The summed E-state index contributed by atoms with van der Waals surface area (Å²) >= 11 is 2.17. The Balaban J connectivity index is 2.33. The Morgan fingerprint density at radius 2 is 2.00 bits per heavy atom. The minimum Gasteiger partial charge on any atom is -0.161 e. The predicted molar refractivity (Wildman–Crippen MR) is 51.9 cm³/mol. The molecule has 2 fully saturated rings. The molecule has 0 nitrogen and oxygen atoms in total. The molecule has 1 saturated carbocycles. The highest BCUT2D eigenvalue weighted by molar-refractivity contribution is 7.99. The molecule has 0 aromatic rings. The fourth-order valence-corrected chi connectivity index (χ4v) is 4.60. The standard InChI is InChI=1S/C10H18S/c1-9(2)8-4-5-10(9,3)7-11-6-8/h8H,4-7H2,1-3H3/t8-,10+/m1/s1. The van der Waals surface area contributed by atoms with Gasteiger partial charge in [-0.3, -0.25) is 0 Å². The summed E-state index contributed by atoms with van der Waals surface area (Å²) in [5.74, 6) is 3.82. The van der Waals surface area contributed by atoms with Gasteiger partial charge in [0.15, 0.2) is 0 Å². The molecule has 1 heteroatoms. The van der Waals surface area contributed by atoms with Crippen LogP contribution in [0, 0.1) is 16.7 Å². The van der Waals surface area contributed by atoms with Gasteiger partial charge in [-0.05, 0) is 41.1 Å². The summed E-state index contributed by atoms with van der Waals surface area (Å²) < 4.78 is 0. The second kappa shape index (κ2) is 2.18. The number of fused-ring (bicyclic) bond motifs is 2. The average molecular weight is 170 g/mol. The zero-order valence-corrected chi connectivity index (χ0v) is 8.63. The van der Waals surface area contributed by atoms with Gasteiger partial charge in [0.05, 0.1) is 0 Å². The summed E-state index contributed by atoms with van der Waals surface area (Å²) in [4.78, 5) is 0. The van der Waals surface area contributed by atoms with E-state index in [1.54, 1.807) is 0 Å². The van der Waals surface area contributed by atoms with Crippen LogP contribution in [-0.2, 0) is 0 Å². The Morgan fingerprint density at radius 1 is 1.27 bits per heavy atom. The highest BCUT2D eigenvalue weighted by Gasteiger charge is 2.53. The fraction of sp³-hybridized carbons (Fsp3) is 1.00. The molecule has 2 aliphatic rings. The van der Waals surface area contributed by atoms with Crippen LogP contribution in [0.4, 0.5) is 0 Å². The minimum atomic E-state index is 0.623. The molecule has 64 valence electrons. The van der Waals surface area contributed by atoms with Gasteiger partial charge in [0.1, 0.15) is 0 Å². The van der Waals surface area contributed by atoms with E-state index < -0.39 is 0 Å². The zero-order valence-electron chi connectivity index (χ0n) is 7.81. The fourth-order valence-electron chi connectivity index (χ4n) is 2.64. The highest BCUT2D eigenvalue weighted by Crippen LogP contribution is 2.61. The maximum Gasteiger partial charge on any atom is -0.000812 e. The van der Waals surface area contributed by atoms with E-state index in [1.807, 2.05) is 0 Å². The lowest BCUT2D eigenvalue weighted by molar-refractivity contribution is 0.115. The first-order valence-corrected chi connectivity index (χ1v) is 5.79. The van der Waals surface area contributed by atoms with Crippen molar-refractivity contribution in [2.75, 3.05) is 11.5 Å². The number of hydrogen-bond donors (Lipinski definition) is 0. The van der Waals surface area contributed by atoms with E-state index >= 15 is 0 Å². The molecular formula is C10H18S. The molecule has 2 rings (SSSR count). The van der Waals surface area contributed by atoms with Crippen molar-refractivity contribution in [2.45, 2.75) is 33.6 Å². The first-order valence-electron chi connectivity index (χ1n) is 4.64. The van der Waals surface area contributed by atoms with Crippen LogP contribution < -0.4 is 0 Å². The van der Waals surface area contributed by atoms with E-state index in [1.165, 1.54) is 24.3 Å². The average Bonchev–Trinajstić information content (AvgIpc) is 2.17. The summed E-state index contributed by atoms with van der Waals surface area (Å²) in [5.41, 5.74) is 1.28. The van der Waals surface area contributed by atoms with Crippen molar-refractivity contribution < 1.29 is 0 Å². The summed E-state index contributed by atoms with van der Waals surface area (Å²) in [7, 11) is 0. The normalized spacial score (nSPS) is 47.7. The van der Waals surface area contributed by atoms with Crippen LogP contribution in [-0.4, -0.2) is 11.5 Å². The molecule has 11 heavy (non-hydrogen) atoms. The van der Waals surface area contributed by atoms with Crippen molar-refractivity contribution in [3.8, 4) is 0 Å². The highest BCUT2D eigenvalue weighted by atomic mass is 32.2. The van der Waals surface area contributed by atoms with Gasteiger partial charge in [-0.15, -0.1) is 0 Å². The van der Waals surface area contributed by atoms with Crippen LogP contribution >= 0.6 is 11.8 Å². The van der Waals surface area contributed by atoms with Crippen LogP contribution in [0.25, 0.3) is 0 Å². The SMILES string of the molecule is CC1(C)[C@@H]2CC[C@@]1(C)CSC2. The molecule has 1 aliphatic carbocycles. The molecule has 0 radical (unpaired) electrons. The van der Waals surface area contributed by atoms with Crippen molar-refractivity contribution in [1.29, 1.82) is 0 Å². The Labute approximate surface area is 74.1 Å². The summed E-state index contributed by atoms with van der Waals surface area (Å²) in [6.07, 6.45) is 2.95. The zero-order chi connectivity index (χ0) is 8.11. The van der Waals surface area contributed by atoms with Gasteiger partial charge in [0, 0.05) is 0 Å². The Morgan fingerprint density at radius 3 is 2.55 bits per heavy atom. The molecule has 2 bridgehead atoms. The molecule has 1 aliphatic heterocycles. The van der Waals surface area contributed by atoms with Gasteiger partial charge in [0.2, 0.25) is 0 Å². The van der Waals surface area contributed by atoms with Crippen molar-refractivity contribution in [3.05, 3.63) is 0 Å². The Kier molecular flexibility index (Phi) is 1.58. The first-order chi connectivity index (χ1) is 5.06. The lowest BCUT2D eigenvalue weighted by Gasteiger charge is -2.45. The van der Waals surface area contributed by atoms with Gasteiger partial charge in [-0.2, -0.15) is 11.8 Å². The van der Waals surface area contributed by atoms with E-state index in [0.29, 0.717) is 10.8 Å². The van der Waals surface area contributed by atoms with Gasteiger partial charge in [-0.1, -0.05) is 20.8 Å². The Bertz CT molecular complexity index is 167. The third kappa shape index (κ3) is 0.898. The smallest absolute Gasteiger partial charge is 0.000812 e. The number of rotatable bonds is 0. The van der Waals surface area contributed by atoms with Crippen LogP contribution in [0.3, 0.4) is 0 Å². The third-order valence-electron chi connectivity index (χ3n) is 4.36. The van der Waals surface area contributed by atoms with Gasteiger partial charge in [0.25, 0.3) is 0 Å². The molecule has 1 saturated heterocycles. The predicted octanol–water partition coefficient (Wildman–Crippen LogP) is 3.18. The topological polar surface area (TPSA) is 0 Å². The molecule has 0 N–H and O–H groups in total. The number of hydrogen-bond acceptors (Lipinski definition) is 1. The maximum atomic E-state index is 2.49. The van der Waals surface area contributed by atoms with E-state index in [-0.39, 0.29) is 0 Å². The summed E-state index contributed by atoms with van der Waals surface area (Å²) in [6, 6.07) is 0. The van der Waals surface area contributed by atoms with Crippen LogP contribution in [0.15, 0.2) is 0 Å². The van der Waals surface area contributed by atoms with Gasteiger partial charge in [-0.25, -0.2) is 0 Å². The molecular weight excluding hydrogens is 152 g/mol. The van der Waals surface area contributed by atoms with E-state index in [9.17, 15) is 0 Å². The van der Waals surface area contributed by atoms with Crippen molar-refractivity contribution in [1.82, 2.24) is 0 Å². The van der Waals surface area contributed by atoms with Crippen LogP contribution in [0.1, 0.15) is 33.6 Å². The van der Waals surface area contributed by atoms with Crippen LogP contribution in [0.2, 0.25) is 0 Å². The van der Waals surface area contributed by atoms with Crippen molar-refractivity contribution >= 4 is 11.8 Å². The van der Waals surface area contributed by atoms with Gasteiger partial charge >= 0.3 is 0 Å². The third-order valence-corrected chi connectivity index (χ3v) is 5.84. The van der Waals surface area contributed by atoms with E-state index in [4.69, 9.17) is 0 Å². The quantitative estimate of drug-likeness (QED) is 0.538. The van der Waals surface area contributed by atoms with Crippen molar-refractivity contribution in [3.63, 3.8) is 0 Å². The minimum absolute atomic E-state index is 0.623. The molecule has 2 atom stereocenters. The second-order valence-electron chi connectivity index (χ2n) is 5.03. The second-order valence-corrected chi connectivity index (χ2v) is 6.06. The van der Waals surface area contributed by atoms with E-state index in [2.05, 4.69) is 32.5 Å². The summed E-state index contributed by atoms with van der Waals surface area (Å²) in [5, 5.41) is 0. The van der Waals surface area contributed by atoms with Crippen molar-refractivity contribution in [2.24, 2.45) is 16.7 Å². The lowest BCUT2D eigenvalue weighted by Crippen LogP contribution is -2.40. The molecule has 0 aromatic heterocycles. The van der Waals surface area contributed by atoms with Crippen LogP contribution in [0.5, 0.6) is 0 Å². The molecule has 1 heterocycles. The van der Waals surface area contributed by atoms with Gasteiger partial charge < -0.3 is 0 Å². The lowest BCUT2D eigenvalue weighted by atomic mass is 9.67. The molecule has 0 aromatic carbocycles. The van der Waals surface area contributed by atoms with E-state index in [0.717, 1.165) is 5.92 Å². The monoisotopic (exact) mass is 170 g/mol. The summed E-state index contributed by atoms with van der Waals surface area (Å²) in [6.45, 7) is 7.44. The molecule has 0 unspecified atom stereocenters. The number of thioether (sulfide) groups is 1. The first kappa shape index (κ1) is 7.97. The molecule has 0 spiro atoms. The maximum absolute atomic E-state index is 2.49. The molecule has 0 amide bonds. The Hall–Kier alpha value is 0.350.